The van der Waals surface area contributed by atoms with Gasteiger partial charge in [-0.2, -0.15) is 18.2 Å². The number of carbonyl (C=O) groups excluding carboxylic acids is 1. The van der Waals surface area contributed by atoms with Gasteiger partial charge in [0.1, 0.15) is 18.7 Å². The SMILES string of the molecule is Nc1nc(=O)n([C@H]2CC[C@@H](COP(=O)(O)O)O2)cc1C#CCOCCNC(=O)C(F)(F)F. The molecule has 12 nitrogen and oxygen atoms in total. The number of hydrogen-bond donors (Lipinski definition) is 4. The zero-order chi connectivity index (χ0) is 23.9. The molecule has 2 atom stereocenters. The number of halogens is 3. The van der Waals surface area contributed by atoms with E-state index in [1.807, 2.05) is 0 Å². The van der Waals surface area contributed by atoms with Crippen LogP contribution < -0.4 is 16.7 Å². The number of carbonyl (C=O) groups is 1. The molecule has 1 fully saturated rings. The summed E-state index contributed by atoms with van der Waals surface area (Å²) >= 11 is 0. The highest BCUT2D eigenvalue weighted by atomic mass is 31.2. The highest BCUT2D eigenvalue weighted by Crippen LogP contribution is 2.38. The van der Waals surface area contributed by atoms with Crippen LogP contribution in [0.2, 0.25) is 0 Å². The number of phosphoric ester groups is 1. The van der Waals surface area contributed by atoms with Gasteiger partial charge in [0.15, 0.2) is 0 Å². The molecule has 2 rings (SSSR count). The summed E-state index contributed by atoms with van der Waals surface area (Å²) in [4.78, 5) is 43.9. The molecule has 0 unspecified atom stereocenters. The molecule has 1 aliphatic heterocycles. The monoisotopic (exact) mass is 484 g/mol. The van der Waals surface area contributed by atoms with Gasteiger partial charge in [-0.05, 0) is 12.8 Å². The van der Waals surface area contributed by atoms with E-state index in [-0.39, 0.29) is 37.7 Å². The Hall–Kier alpha value is -2.47. The fourth-order valence-electron chi connectivity index (χ4n) is 2.57. The third kappa shape index (κ3) is 8.23. The van der Waals surface area contributed by atoms with Crippen molar-refractivity contribution in [2.24, 2.45) is 0 Å². The summed E-state index contributed by atoms with van der Waals surface area (Å²) in [5.74, 6) is 2.94. The molecule has 1 saturated heterocycles. The topological polar surface area (TPSA) is 175 Å². The molecular weight excluding hydrogens is 464 g/mol. The van der Waals surface area contributed by atoms with E-state index in [9.17, 15) is 27.3 Å². The average Bonchev–Trinajstić information content (AvgIpc) is 3.14. The number of anilines is 1. The number of rotatable bonds is 8. The molecule has 1 aromatic heterocycles. The Balaban J connectivity index is 1.90. The summed E-state index contributed by atoms with van der Waals surface area (Å²) in [6, 6.07) is 0. The molecule has 1 amide bonds. The van der Waals surface area contributed by atoms with Crippen molar-refractivity contribution in [1.82, 2.24) is 14.9 Å². The van der Waals surface area contributed by atoms with E-state index in [2.05, 4.69) is 21.3 Å². The molecule has 0 aliphatic carbocycles. The number of phosphoric acid groups is 1. The summed E-state index contributed by atoms with van der Waals surface area (Å²) in [5, 5.41) is 1.63. The summed E-state index contributed by atoms with van der Waals surface area (Å²) < 4.78 is 62.9. The van der Waals surface area contributed by atoms with Crippen LogP contribution in [0.15, 0.2) is 11.0 Å². The van der Waals surface area contributed by atoms with E-state index in [0.717, 1.165) is 4.57 Å². The Morgan fingerprint density at radius 2 is 2.16 bits per heavy atom. The largest absolute Gasteiger partial charge is 0.471 e. The molecule has 1 aliphatic rings. The third-order valence-corrected chi connectivity index (χ3v) is 4.48. The van der Waals surface area contributed by atoms with Crippen molar-refractivity contribution < 1.29 is 46.3 Å². The molecule has 178 valence electrons. The fourth-order valence-corrected chi connectivity index (χ4v) is 2.93. The number of nitrogens with two attached hydrogens (primary N) is 1. The van der Waals surface area contributed by atoms with Crippen molar-refractivity contribution in [1.29, 1.82) is 0 Å². The third-order valence-electron chi connectivity index (χ3n) is 3.99. The minimum absolute atomic E-state index is 0.157. The van der Waals surface area contributed by atoms with Crippen LogP contribution in [0, 0.1) is 11.8 Å². The minimum atomic E-state index is -4.97. The molecule has 0 spiro atoms. The van der Waals surface area contributed by atoms with Gasteiger partial charge in [-0.3, -0.25) is 13.9 Å². The van der Waals surface area contributed by atoms with Crippen LogP contribution in [0.3, 0.4) is 0 Å². The maximum atomic E-state index is 12.1. The van der Waals surface area contributed by atoms with Crippen LogP contribution in [0.5, 0.6) is 0 Å². The highest BCUT2D eigenvalue weighted by Gasteiger charge is 2.38. The van der Waals surface area contributed by atoms with Gasteiger partial charge in [0, 0.05) is 12.7 Å². The number of aromatic nitrogens is 2. The van der Waals surface area contributed by atoms with Gasteiger partial charge >= 0.3 is 25.6 Å². The first-order valence-corrected chi connectivity index (χ1v) is 10.6. The predicted molar refractivity (Wildman–Crippen MR) is 101 cm³/mol. The van der Waals surface area contributed by atoms with Crippen LogP contribution in [-0.2, 0) is 23.4 Å². The second-order valence-electron chi connectivity index (χ2n) is 6.41. The molecule has 16 heteroatoms. The lowest BCUT2D eigenvalue weighted by molar-refractivity contribution is -0.173. The van der Waals surface area contributed by atoms with Crippen LogP contribution >= 0.6 is 7.82 Å². The van der Waals surface area contributed by atoms with Gasteiger partial charge in [-0.15, -0.1) is 0 Å². The van der Waals surface area contributed by atoms with E-state index >= 15 is 0 Å². The minimum Gasteiger partial charge on any atom is -0.382 e. The summed E-state index contributed by atoms with van der Waals surface area (Å²) in [5.41, 5.74) is 5.13. The molecule has 0 saturated carbocycles. The Kier molecular flexibility index (Phi) is 8.79. The second kappa shape index (κ2) is 10.9. The maximum absolute atomic E-state index is 12.1. The molecule has 1 aromatic rings. The van der Waals surface area contributed by atoms with Crippen LogP contribution in [0.1, 0.15) is 24.6 Å². The van der Waals surface area contributed by atoms with Gasteiger partial charge in [0.25, 0.3) is 0 Å². The Morgan fingerprint density at radius 1 is 1.44 bits per heavy atom. The zero-order valence-electron chi connectivity index (χ0n) is 16.4. The lowest BCUT2D eigenvalue weighted by atomic mass is 10.2. The predicted octanol–water partition coefficient (Wildman–Crippen LogP) is -0.341. The van der Waals surface area contributed by atoms with Crippen LogP contribution in [0.4, 0.5) is 19.0 Å². The van der Waals surface area contributed by atoms with Gasteiger partial charge in [0.2, 0.25) is 0 Å². The summed E-state index contributed by atoms with van der Waals surface area (Å²) in [6.07, 6.45) is -4.35. The molecular formula is C16H20F3N4O8P. The average molecular weight is 484 g/mol. The Bertz CT molecular complexity index is 984. The van der Waals surface area contributed by atoms with E-state index in [1.54, 1.807) is 5.32 Å². The Labute approximate surface area is 179 Å². The van der Waals surface area contributed by atoms with Crippen LogP contribution in [0.25, 0.3) is 0 Å². The van der Waals surface area contributed by atoms with E-state index in [4.69, 9.17) is 25.0 Å². The van der Waals surface area contributed by atoms with Crippen molar-refractivity contribution in [3.63, 3.8) is 0 Å². The lowest BCUT2D eigenvalue weighted by Gasteiger charge is -2.16. The maximum Gasteiger partial charge on any atom is 0.471 e. The molecule has 32 heavy (non-hydrogen) atoms. The molecule has 0 radical (unpaired) electrons. The first-order valence-electron chi connectivity index (χ1n) is 9.02. The van der Waals surface area contributed by atoms with E-state index < -0.39 is 37.9 Å². The number of hydrogen-bond acceptors (Lipinski definition) is 8. The molecule has 5 N–H and O–H groups in total. The molecule has 2 heterocycles. The molecule has 0 aromatic carbocycles. The van der Waals surface area contributed by atoms with Crippen molar-refractivity contribution in [3.05, 3.63) is 22.2 Å². The van der Waals surface area contributed by atoms with Crippen molar-refractivity contribution in [3.8, 4) is 11.8 Å². The zero-order valence-corrected chi connectivity index (χ0v) is 17.3. The number of ether oxygens (including phenoxy) is 2. The van der Waals surface area contributed by atoms with E-state index in [1.165, 1.54) is 6.20 Å². The van der Waals surface area contributed by atoms with Gasteiger partial charge in [0.05, 0.1) is 24.9 Å². The second-order valence-corrected chi connectivity index (χ2v) is 7.65. The summed E-state index contributed by atoms with van der Waals surface area (Å²) in [7, 11) is -4.65. The smallest absolute Gasteiger partial charge is 0.382 e. The highest BCUT2D eigenvalue weighted by molar-refractivity contribution is 7.46. The van der Waals surface area contributed by atoms with Crippen LogP contribution in [-0.4, -0.2) is 63.9 Å². The van der Waals surface area contributed by atoms with Crippen molar-refractivity contribution in [2.75, 3.05) is 32.1 Å². The van der Waals surface area contributed by atoms with Crippen molar-refractivity contribution in [2.45, 2.75) is 31.3 Å². The number of nitrogens with zero attached hydrogens (tertiary/aromatic N) is 2. The van der Waals surface area contributed by atoms with E-state index in [0.29, 0.717) is 12.8 Å². The van der Waals surface area contributed by atoms with Gasteiger partial charge in [-0.25, -0.2) is 9.36 Å². The fraction of sp³-hybridized carbons (Fsp3) is 0.562. The quantitative estimate of drug-likeness (QED) is 0.217. The first kappa shape index (κ1) is 25.8. The first-order chi connectivity index (χ1) is 14.9. The number of amides is 1. The summed E-state index contributed by atoms with van der Waals surface area (Å²) in [6.45, 7) is -1.12. The normalized spacial score (nSPS) is 18.8. The molecule has 0 bridgehead atoms. The number of nitrogen functional groups attached to an aromatic ring is 1. The lowest BCUT2D eigenvalue weighted by Crippen LogP contribution is -2.38. The van der Waals surface area contributed by atoms with Gasteiger partial charge < -0.3 is 30.3 Å². The van der Waals surface area contributed by atoms with Crippen molar-refractivity contribution >= 4 is 19.5 Å². The van der Waals surface area contributed by atoms with Gasteiger partial charge in [-0.1, -0.05) is 11.8 Å². The number of alkyl halides is 3. The number of nitrogens with one attached hydrogen (secondary N) is 1. The standard InChI is InChI=1S/C16H20F3N4O8P/c17-16(18,19)14(24)21-5-7-29-6-1-2-10-8-23(15(25)22-13(10)20)12-4-3-11(31-12)9-30-32(26,27)28/h8,11-12H,3-7,9H2,(H,21,24)(H2,20,22,25)(H2,26,27,28)/t11-,12+/m0/s1. The Morgan fingerprint density at radius 3 is 2.81 bits per heavy atom.